The maximum atomic E-state index is 12.7. The van der Waals surface area contributed by atoms with Crippen LogP contribution in [0.4, 0.5) is 0 Å². The van der Waals surface area contributed by atoms with E-state index < -0.39 is 0 Å². The number of fused-ring (bicyclic) bond motifs is 10. The number of nitrogens with one attached hydrogen (secondary N) is 1. The molecule has 3 heteroatoms. The minimum Gasteiger partial charge on any atom is -0.348 e. The van der Waals surface area contributed by atoms with Gasteiger partial charge in [-0.2, -0.15) is 0 Å². The summed E-state index contributed by atoms with van der Waals surface area (Å²) in [6.45, 7) is 0.619. The number of hydrogen-bond donors (Lipinski definition) is 1. The SMILES string of the molecule is Cn1c2ccccc2c2c3c(c4c(c21)Cc1ccccc1-4)C(=O)NC3. The summed E-state index contributed by atoms with van der Waals surface area (Å²) in [4.78, 5) is 12.7. The lowest BCUT2D eigenvalue weighted by atomic mass is 9.92. The Labute approximate surface area is 144 Å². The second-order valence-electron chi connectivity index (χ2n) is 7.02. The molecule has 3 nitrogen and oxygen atoms in total. The molecule has 0 atom stereocenters. The van der Waals surface area contributed by atoms with Gasteiger partial charge in [0.15, 0.2) is 0 Å². The van der Waals surface area contributed by atoms with Gasteiger partial charge in [-0.1, -0.05) is 42.5 Å². The van der Waals surface area contributed by atoms with Crippen molar-refractivity contribution >= 4 is 27.7 Å². The number of benzene rings is 3. The van der Waals surface area contributed by atoms with Crippen LogP contribution in [0.1, 0.15) is 27.0 Å². The highest BCUT2D eigenvalue weighted by Crippen LogP contribution is 2.48. The van der Waals surface area contributed by atoms with E-state index in [0.29, 0.717) is 6.54 Å². The van der Waals surface area contributed by atoms with E-state index in [1.54, 1.807) is 0 Å². The molecule has 1 N–H and O–H groups in total. The molecule has 0 unspecified atom stereocenters. The molecule has 2 heterocycles. The molecular weight excluding hydrogens is 308 g/mol. The van der Waals surface area contributed by atoms with Crippen molar-refractivity contribution in [2.24, 2.45) is 7.05 Å². The molecular formula is C22H16N2O. The third-order valence-electron chi connectivity index (χ3n) is 5.85. The summed E-state index contributed by atoms with van der Waals surface area (Å²) < 4.78 is 2.30. The molecule has 0 fully saturated rings. The first-order valence-corrected chi connectivity index (χ1v) is 8.67. The summed E-state index contributed by atoms with van der Waals surface area (Å²) >= 11 is 0. The maximum absolute atomic E-state index is 12.7. The molecule has 6 rings (SSSR count). The molecule has 25 heavy (non-hydrogen) atoms. The second-order valence-corrected chi connectivity index (χ2v) is 7.02. The molecule has 1 aliphatic heterocycles. The maximum Gasteiger partial charge on any atom is 0.252 e. The van der Waals surface area contributed by atoms with Crippen LogP contribution in [0, 0.1) is 0 Å². The van der Waals surface area contributed by atoms with Crippen molar-refractivity contribution in [1.82, 2.24) is 9.88 Å². The Bertz CT molecular complexity index is 1250. The molecule has 0 saturated carbocycles. The van der Waals surface area contributed by atoms with Gasteiger partial charge in [-0.25, -0.2) is 0 Å². The van der Waals surface area contributed by atoms with Crippen molar-refractivity contribution in [1.29, 1.82) is 0 Å². The molecule has 1 amide bonds. The van der Waals surface area contributed by atoms with Crippen LogP contribution in [0.2, 0.25) is 0 Å². The van der Waals surface area contributed by atoms with Gasteiger partial charge in [0.2, 0.25) is 0 Å². The fraction of sp³-hybridized carbons (Fsp3) is 0.136. The van der Waals surface area contributed by atoms with E-state index in [2.05, 4.69) is 65.5 Å². The number of carbonyl (C=O) groups excluding carboxylic acids is 1. The number of carbonyl (C=O) groups is 1. The molecule has 0 radical (unpaired) electrons. The van der Waals surface area contributed by atoms with E-state index in [9.17, 15) is 4.79 Å². The zero-order chi connectivity index (χ0) is 16.7. The van der Waals surface area contributed by atoms with Gasteiger partial charge >= 0.3 is 0 Å². The molecule has 0 bridgehead atoms. The number of rotatable bonds is 0. The molecule has 0 spiro atoms. The van der Waals surface area contributed by atoms with E-state index in [0.717, 1.165) is 23.1 Å². The lowest BCUT2D eigenvalue weighted by Gasteiger charge is -2.11. The Morgan fingerprint density at radius 1 is 0.960 bits per heavy atom. The number of hydrogen-bond acceptors (Lipinski definition) is 1. The monoisotopic (exact) mass is 324 g/mol. The summed E-state index contributed by atoms with van der Waals surface area (Å²) in [7, 11) is 2.14. The topological polar surface area (TPSA) is 34.0 Å². The number of amides is 1. The fourth-order valence-electron chi connectivity index (χ4n) is 4.86. The standard InChI is InChI=1S/C22H16N2O/c1-24-17-9-5-4-8-14(17)19-16-11-23-22(25)20(16)18-13-7-3-2-6-12(13)10-15(18)21(19)24/h2-9H,10-11H2,1H3,(H,23,25). The largest absolute Gasteiger partial charge is 0.348 e. The summed E-state index contributed by atoms with van der Waals surface area (Å²) in [6, 6.07) is 17.0. The second kappa shape index (κ2) is 4.31. The normalized spacial score (nSPS) is 14.7. The van der Waals surface area contributed by atoms with Crippen LogP contribution in [-0.2, 0) is 20.0 Å². The minimum atomic E-state index is 0.0674. The number of para-hydroxylation sites is 1. The van der Waals surface area contributed by atoms with Crippen molar-refractivity contribution < 1.29 is 4.79 Å². The van der Waals surface area contributed by atoms with Gasteiger partial charge in [-0.3, -0.25) is 4.79 Å². The van der Waals surface area contributed by atoms with Crippen LogP contribution < -0.4 is 5.32 Å². The molecule has 120 valence electrons. The molecule has 4 aromatic rings. The molecule has 2 aliphatic rings. The average molecular weight is 324 g/mol. The van der Waals surface area contributed by atoms with Crippen LogP contribution in [0.3, 0.4) is 0 Å². The first-order valence-electron chi connectivity index (χ1n) is 8.67. The summed E-state index contributed by atoms with van der Waals surface area (Å²) in [6.07, 6.45) is 0.896. The van der Waals surface area contributed by atoms with Gasteiger partial charge in [0.25, 0.3) is 5.91 Å². The summed E-state index contributed by atoms with van der Waals surface area (Å²) in [5.74, 6) is 0.0674. The third kappa shape index (κ3) is 1.45. The highest BCUT2D eigenvalue weighted by atomic mass is 16.1. The van der Waals surface area contributed by atoms with Gasteiger partial charge in [0.1, 0.15) is 0 Å². The van der Waals surface area contributed by atoms with Crippen molar-refractivity contribution in [3.63, 3.8) is 0 Å². The molecule has 0 saturated heterocycles. The summed E-state index contributed by atoms with van der Waals surface area (Å²) in [5.41, 5.74) is 9.54. The number of aromatic nitrogens is 1. The number of nitrogens with zero attached hydrogens (tertiary/aromatic N) is 1. The van der Waals surface area contributed by atoms with Gasteiger partial charge < -0.3 is 9.88 Å². The average Bonchev–Trinajstić information content (AvgIpc) is 3.28. The van der Waals surface area contributed by atoms with Crippen LogP contribution in [0.5, 0.6) is 0 Å². The zero-order valence-electron chi connectivity index (χ0n) is 13.9. The predicted molar refractivity (Wildman–Crippen MR) is 99.8 cm³/mol. The Morgan fingerprint density at radius 3 is 2.68 bits per heavy atom. The fourth-order valence-corrected chi connectivity index (χ4v) is 4.86. The molecule has 3 aromatic carbocycles. The third-order valence-corrected chi connectivity index (χ3v) is 5.85. The predicted octanol–water partition coefficient (Wildman–Crippen LogP) is 4.15. The molecule has 1 aromatic heterocycles. The Balaban J connectivity index is 1.92. The first-order chi connectivity index (χ1) is 12.3. The minimum absolute atomic E-state index is 0.0674. The van der Waals surface area contributed by atoms with E-state index in [-0.39, 0.29) is 5.91 Å². The van der Waals surface area contributed by atoms with Crippen molar-refractivity contribution in [3.05, 3.63) is 70.8 Å². The van der Waals surface area contributed by atoms with Crippen LogP contribution in [0.25, 0.3) is 32.9 Å². The van der Waals surface area contributed by atoms with Crippen LogP contribution in [0.15, 0.2) is 48.5 Å². The van der Waals surface area contributed by atoms with Gasteiger partial charge in [0.05, 0.1) is 11.1 Å². The van der Waals surface area contributed by atoms with E-state index in [1.165, 1.54) is 38.5 Å². The van der Waals surface area contributed by atoms with Crippen LogP contribution in [-0.4, -0.2) is 10.5 Å². The molecule has 1 aliphatic carbocycles. The van der Waals surface area contributed by atoms with Gasteiger partial charge in [-0.15, -0.1) is 0 Å². The lowest BCUT2D eigenvalue weighted by Crippen LogP contribution is -2.13. The Kier molecular flexibility index (Phi) is 2.28. The van der Waals surface area contributed by atoms with Gasteiger partial charge in [0, 0.05) is 41.9 Å². The zero-order valence-corrected chi connectivity index (χ0v) is 13.9. The number of aryl methyl sites for hydroxylation is 1. The Morgan fingerprint density at radius 2 is 1.76 bits per heavy atom. The van der Waals surface area contributed by atoms with Gasteiger partial charge in [-0.05, 0) is 28.3 Å². The van der Waals surface area contributed by atoms with Crippen molar-refractivity contribution in [3.8, 4) is 11.1 Å². The Hall–Kier alpha value is -3.07. The van der Waals surface area contributed by atoms with E-state index in [4.69, 9.17) is 0 Å². The van der Waals surface area contributed by atoms with Crippen molar-refractivity contribution in [2.45, 2.75) is 13.0 Å². The quantitative estimate of drug-likeness (QED) is 0.456. The highest BCUT2D eigenvalue weighted by molar-refractivity contribution is 6.20. The summed E-state index contributed by atoms with van der Waals surface area (Å²) in [5, 5.41) is 5.55. The van der Waals surface area contributed by atoms with Crippen LogP contribution >= 0.6 is 0 Å². The highest BCUT2D eigenvalue weighted by Gasteiger charge is 2.34. The van der Waals surface area contributed by atoms with E-state index in [1.807, 2.05) is 0 Å². The van der Waals surface area contributed by atoms with Crippen molar-refractivity contribution in [2.75, 3.05) is 0 Å². The lowest BCUT2D eigenvalue weighted by molar-refractivity contribution is 0.0966. The smallest absolute Gasteiger partial charge is 0.252 e. The first kappa shape index (κ1) is 13.2. The van der Waals surface area contributed by atoms with E-state index >= 15 is 0 Å².